The summed E-state index contributed by atoms with van der Waals surface area (Å²) in [5, 5.41) is 5.98. The Morgan fingerprint density at radius 2 is 1.79 bits per heavy atom. The van der Waals surface area contributed by atoms with Crippen molar-refractivity contribution < 1.29 is 18.7 Å². The standard InChI is InChI=1S/C18H28N2O4/c1-18(2,3)24-17(22)20-14-8-6-13(7-9-14)19-16(21)11-10-15-5-4-12-23-15/h4-5,12-14H,6-11H2,1-3H3,(H,19,21)(H,20,22). The summed E-state index contributed by atoms with van der Waals surface area (Å²) >= 11 is 0. The maximum atomic E-state index is 12.0. The Balaban J connectivity index is 1.63. The van der Waals surface area contributed by atoms with Crippen LogP contribution >= 0.6 is 0 Å². The van der Waals surface area contributed by atoms with Crippen LogP contribution in [-0.2, 0) is 16.0 Å². The Bertz CT molecular complexity index is 526. The van der Waals surface area contributed by atoms with Crippen molar-refractivity contribution in [3.05, 3.63) is 24.2 Å². The molecule has 0 aromatic carbocycles. The zero-order chi connectivity index (χ0) is 17.6. The van der Waals surface area contributed by atoms with Gasteiger partial charge in [-0.1, -0.05) is 0 Å². The number of amides is 2. The van der Waals surface area contributed by atoms with Crippen molar-refractivity contribution in [1.82, 2.24) is 10.6 Å². The summed E-state index contributed by atoms with van der Waals surface area (Å²) in [5.41, 5.74) is -0.483. The van der Waals surface area contributed by atoms with Crippen LogP contribution < -0.4 is 10.6 Å². The molecule has 1 fully saturated rings. The largest absolute Gasteiger partial charge is 0.469 e. The van der Waals surface area contributed by atoms with E-state index in [1.807, 2.05) is 32.9 Å². The van der Waals surface area contributed by atoms with Gasteiger partial charge >= 0.3 is 6.09 Å². The smallest absolute Gasteiger partial charge is 0.407 e. The molecule has 6 nitrogen and oxygen atoms in total. The van der Waals surface area contributed by atoms with Gasteiger partial charge in [0.05, 0.1) is 6.26 Å². The molecule has 1 aliphatic rings. The Hall–Kier alpha value is -1.98. The Kier molecular flexibility index (Phi) is 6.29. The average Bonchev–Trinajstić information content (AvgIpc) is 2.98. The quantitative estimate of drug-likeness (QED) is 0.865. The van der Waals surface area contributed by atoms with Gasteiger partial charge in [0.1, 0.15) is 11.4 Å². The van der Waals surface area contributed by atoms with Crippen LogP contribution in [0.1, 0.15) is 58.6 Å². The van der Waals surface area contributed by atoms with Crippen molar-refractivity contribution in [2.45, 2.75) is 77.0 Å². The number of rotatable bonds is 5. The van der Waals surface area contributed by atoms with E-state index in [4.69, 9.17) is 9.15 Å². The first-order valence-corrected chi connectivity index (χ1v) is 8.63. The van der Waals surface area contributed by atoms with E-state index in [0.29, 0.717) is 12.8 Å². The summed E-state index contributed by atoms with van der Waals surface area (Å²) in [4.78, 5) is 23.8. The fraction of sp³-hybridized carbons (Fsp3) is 0.667. The van der Waals surface area contributed by atoms with E-state index in [1.54, 1.807) is 6.26 Å². The van der Waals surface area contributed by atoms with Crippen molar-refractivity contribution >= 4 is 12.0 Å². The van der Waals surface area contributed by atoms with Gasteiger partial charge in [-0.05, 0) is 58.6 Å². The highest BCUT2D eigenvalue weighted by Gasteiger charge is 2.25. The number of carbonyl (C=O) groups excluding carboxylic acids is 2. The minimum absolute atomic E-state index is 0.0509. The van der Waals surface area contributed by atoms with E-state index >= 15 is 0 Å². The molecule has 0 radical (unpaired) electrons. The van der Waals surface area contributed by atoms with E-state index in [9.17, 15) is 9.59 Å². The minimum atomic E-state index is -0.483. The lowest BCUT2D eigenvalue weighted by molar-refractivity contribution is -0.122. The van der Waals surface area contributed by atoms with Crippen LogP contribution in [0, 0.1) is 0 Å². The molecule has 1 aromatic heterocycles. The van der Waals surface area contributed by atoms with Gasteiger partial charge in [-0.3, -0.25) is 4.79 Å². The Morgan fingerprint density at radius 3 is 2.33 bits per heavy atom. The molecule has 24 heavy (non-hydrogen) atoms. The topological polar surface area (TPSA) is 80.6 Å². The summed E-state index contributed by atoms with van der Waals surface area (Å²) in [7, 11) is 0. The van der Waals surface area contributed by atoms with Gasteiger partial charge < -0.3 is 19.8 Å². The molecule has 2 rings (SSSR count). The zero-order valence-corrected chi connectivity index (χ0v) is 14.8. The van der Waals surface area contributed by atoms with Gasteiger partial charge in [0.2, 0.25) is 5.91 Å². The van der Waals surface area contributed by atoms with Gasteiger partial charge in [-0.25, -0.2) is 4.79 Å². The maximum absolute atomic E-state index is 12.0. The minimum Gasteiger partial charge on any atom is -0.469 e. The van der Waals surface area contributed by atoms with Crippen LogP contribution in [0.4, 0.5) is 4.79 Å². The first-order valence-electron chi connectivity index (χ1n) is 8.63. The molecular formula is C18H28N2O4. The highest BCUT2D eigenvalue weighted by molar-refractivity contribution is 5.76. The summed E-state index contributed by atoms with van der Waals surface area (Å²) < 4.78 is 10.5. The third kappa shape index (κ3) is 6.64. The monoisotopic (exact) mass is 336 g/mol. The van der Waals surface area contributed by atoms with Crippen LogP contribution in [0.25, 0.3) is 0 Å². The maximum Gasteiger partial charge on any atom is 0.407 e. The van der Waals surface area contributed by atoms with Crippen molar-refractivity contribution in [3.8, 4) is 0 Å². The van der Waals surface area contributed by atoms with Gasteiger partial charge in [0.25, 0.3) is 0 Å². The molecule has 6 heteroatoms. The fourth-order valence-electron chi connectivity index (χ4n) is 2.85. The molecule has 0 atom stereocenters. The summed E-state index contributed by atoms with van der Waals surface area (Å²) in [6.07, 6.45) is 5.74. The number of carbonyl (C=O) groups is 2. The summed E-state index contributed by atoms with van der Waals surface area (Å²) in [6, 6.07) is 4.01. The van der Waals surface area contributed by atoms with Gasteiger partial charge in [0, 0.05) is 24.9 Å². The lowest BCUT2D eigenvalue weighted by atomic mass is 9.91. The summed E-state index contributed by atoms with van der Waals surface area (Å²) in [6.45, 7) is 5.55. The number of alkyl carbamates (subject to hydrolysis) is 1. The second-order valence-electron chi connectivity index (χ2n) is 7.34. The van der Waals surface area contributed by atoms with Gasteiger partial charge in [0.15, 0.2) is 0 Å². The molecule has 2 amide bonds. The van der Waals surface area contributed by atoms with Crippen LogP contribution in [0.5, 0.6) is 0 Å². The van der Waals surface area contributed by atoms with Crippen LogP contribution in [0.2, 0.25) is 0 Å². The lowest BCUT2D eigenvalue weighted by Gasteiger charge is -2.30. The average molecular weight is 336 g/mol. The molecule has 0 unspecified atom stereocenters. The highest BCUT2D eigenvalue weighted by Crippen LogP contribution is 2.19. The van der Waals surface area contributed by atoms with E-state index < -0.39 is 5.60 Å². The number of furan rings is 1. The van der Waals surface area contributed by atoms with E-state index in [0.717, 1.165) is 31.4 Å². The highest BCUT2D eigenvalue weighted by atomic mass is 16.6. The predicted molar refractivity (Wildman–Crippen MR) is 90.6 cm³/mol. The molecule has 1 heterocycles. The first kappa shape index (κ1) is 18.4. The molecule has 0 saturated heterocycles. The molecule has 1 saturated carbocycles. The van der Waals surface area contributed by atoms with Crippen LogP contribution in [0.15, 0.2) is 22.8 Å². The Morgan fingerprint density at radius 1 is 1.17 bits per heavy atom. The number of hydrogen-bond donors (Lipinski definition) is 2. The van der Waals surface area contributed by atoms with E-state index in [1.165, 1.54) is 0 Å². The molecule has 1 aliphatic carbocycles. The molecule has 1 aromatic rings. The Labute approximate surface area is 143 Å². The second-order valence-corrected chi connectivity index (χ2v) is 7.34. The molecule has 134 valence electrons. The third-order valence-electron chi connectivity index (χ3n) is 3.99. The molecule has 0 spiro atoms. The van der Waals surface area contributed by atoms with E-state index in [-0.39, 0.29) is 24.1 Å². The number of aryl methyl sites for hydroxylation is 1. The number of ether oxygens (including phenoxy) is 1. The normalized spacial score (nSPS) is 21.1. The van der Waals surface area contributed by atoms with Gasteiger partial charge in [-0.2, -0.15) is 0 Å². The number of nitrogens with one attached hydrogen (secondary N) is 2. The molecule has 2 N–H and O–H groups in total. The predicted octanol–water partition coefficient (Wildman–Crippen LogP) is 3.16. The van der Waals surface area contributed by atoms with Crippen LogP contribution in [-0.4, -0.2) is 29.7 Å². The SMILES string of the molecule is CC(C)(C)OC(=O)NC1CCC(NC(=O)CCc2ccco2)CC1. The molecule has 0 aliphatic heterocycles. The van der Waals surface area contributed by atoms with Crippen LogP contribution in [0.3, 0.4) is 0 Å². The number of hydrogen-bond acceptors (Lipinski definition) is 4. The second kappa shape index (κ2) is 8.22. The van der Waals surface area contributed by atoms with Crippen molar-refractivity contribution in [2.75, 3.05) is 0 Å². The molecular weight excluding hydrogens is 308 g/mol. The van der Waals surface area contributed by atoms with E-state index in [2.05, 4.69) is 10.6 Å². The third-order valence-corrected chi connectivity index (χ3v) is 3.99. The fourth-order valence-corrected chi connectivity index (χ4v) is 2.85. The summed E-state index contributed by atoms with van der Waals surface area (Å²) in [5.74, 6) is 0.880. The van der Waals surface area contributed by atoms with Crippen molar-refractivity contribution in [3.63, 3.8) is 0 Å². The zero-order valence-electron chi connectivity index (χ0n) is 14.8. The molecule has 0 bridgehead atoms. The first-order chi connectivity index (χ1) is 11.3. The van der Waals surface area contributed by atoms with Crippen molar-refractivity contribution in [1.29, 1.82) is 0 Å². The van der Waals surface area contributed by atoms with Crippen molar-refractivity contribution in [2.24, 2.45) is 0 Å². The lowest BCUT2D eigenvalue weighted by Crippen LogP contribution is -2.45. The van der Waals surface area contributed by atoms with Gasteiger partial charge in [-0.15, -0.1) is 0 Å².